The third-order valence-electron chi connectivity index (χ3n) is 1.91. The van der Waals surface area contributed by atoms with Crippen LogP contribution in [0.15, 0.2) is 40.8 Å². The van der Waals surface area contributed by atoms with Crippen LogP contribution in [0.25, 0.3) is 0 Å². The first-order chi connectivity index (χ1) is 7.65. The van der Waals surface area contributed by atoms with Gasteiger partial charge >= 0.3 is 5.97 Å². The minimum absolute atomic E-state index is 0.107. The highest BCUT2D eigenvalue weighted by molar-refractivity contribution is 6.30. The van der Waals surface area contributed by atoms with E-state index < -0.39 is 5.97 Å². The summed E-state index contributed by atoms with van der Waals surface area (Å²) in [5.74, 6) is -0.844. The van der Waals surface area contributed by atoms with E-state index in [0.29, 0.717) is 10.9 Å². The van der Waals surface area contributed by atoms with E-state index in [9.17, 15) is 4.79 Å². The first kappa shape index (κ1) is 10.6. The van der Waals surface area contributed by atoms with E-state index >= 15 is 0 Å². The van der Waals surface area contributed by atoms with Gasteiger partial charge in [-0.25, -0.2) is 4.79 Å². The molecule has 1 aromatic heterocycles. The van der Waals surface area contributed by atoms with Gasteiger partial charge in [0.25, 0.3) is 0 Å². The van der Waals surface area contributed by atoms with Gasteiger partial charge < -0.3 is 14.8 Å². The molecule has 0 saturated carbocycles. The third kappa shape index (κ3) is 2.35. The molecule has 2 N–H and O–H groups in total. The van der Waals surface area contributed by atoms with E-state index in [1.807, 2.05) is 0 Å². The second kappa shape index (κ2) is 4.28. The van der Waals surface area contributed by atoms with Gasteiger partial charge in [0.15, 0.2) is 5.88 Å². The Labute approximate surface area is 96.5 Å². The van der Waals surface area contributed by atoms with Crippen molar-refractivity contribution < 1.29 is 14.3 Å². The largest absolute Gasteiger partial charge is 0.475 e. The van der Waals surface area contributed by atoms with Crippen LogP contribution in [0.3, 0.4) is 0 Å². The lowest BCUT2D eigenvalue weighted by atomic mass is 10.3. The van der Waals surface area contributed by atoms with Gasteiger partial charge in [0.05, 0.1) is 0 Å². The number of carboxylic acids is 1. The number of rotatable bonds is 3. The van der Waals surface area contributed by atoms with Crippen LogP contribution in [0, 0.1) is 0 Å². The normalized spacial score (nSPS) is 10.1. The van der Waals surface area contributed by atoms with Crippen molar-refractivity contribution in [1.82, 2.24) is 0 Å². The highest BCUT2D eigenvalue weighted by Crippen LogP contribution is 2.21. The lowest BCUT2D eigenvalue weighted by molar-refractivity contribution is 0.0663. The third-order valence-corrected chi connectivity index (χ3v) is 2.14. The van der Waals surface area contributed by atoms with Gasteiger partial charge in [-0.15, -0.1) is 0 Å². The number of anilines is 2. The van der Waals surface area contributed by atoms with E-state index in [4.69, 9.17) is 21.1 Å². The van der Waals surface area contributed by atoms with E-state index in [1.54, 1.807) is 30.3 Å². The minimum atomic E-state index is -1.10. The quantitative estimate of drug-likeness (QED) is 0.859. The number of aromatic carboxylic acids is 1. The van der Waals surface area contributed by atoms with Crippen molar-refractivity contribution in [3.8, 4) is 0 Å². The Bertz CT molecular complexity index is 521. The highest BCUT2D eigenvalue weighted by atomic mass is 35.5. The standard InChI is InChI=1S/C11H8ClNO3/c12-7-2-1-3-8(6-7)13-10-5-4-9(16-10)11(14)15/h1-6,13H,(H,14,15). The van der Waals surface area contributed by atoms with Crippen LogP contribution in [0.1, 0.15) is 10.6 Å². The number of benzene rings is 1. The SMILES string of the molecule is O=C(O)c1ccc(Nc2cccc(Cl)c2)o1. The number of hydrogen-bond donors (Lipinski definition) is 2. The van der Waals surface area contributed by atoms with Crippen LogP contribution >= 0.6 is 11.6 Å². The number of hydrogen-bond acceptors (Lipinski definition) is 3. The number of halogens is 1. The smallest absolute Gasteiger partial charge is 0.371 e. The molecule has 0 radical (unpaired) electrons. The van der Waals surface area contributed by atoms with Crippen molar-refractivity contribution in [2.45, 2.75) is 0 Å². The van der Waals surface area contributed by atoms with Crippen molar-refractivity contribution in [1.29, 1.82) is 0 Å². The number of carboxylic acid groups (broad SMARTS) is 1. The van der Waals surface area contributed by atoms with Gasteiger partial charge in [-0.2, -0.15) is 0 Å². The van der Waals surface area contributed by atoms with Crippen LogP contribution in [0.5, 0.6) is 0 Å². The van der Waals surface area contributed by atoms with E-state index in [0.717, 1.165) is 5.69 Å². The summed E-state index contributed by atoms with van der Waals surface area (Å²) in [4.78, 5) is 10.6. The molecule has 5 heteroatoms. The molecule has 0 unspecified atom stereocenters. The Morgan fingerprint density at radius 3 is 2.75 bits per heavy atom. The van der Waals surface area contributed by atoms with Crippen molar-refractivity contribution in [2.24, 2.45) is 0 Å². The molecule has 1 heterocycles. The average Bonchev–Trinajstić information content (AvgIpc) is 2.66. The number of nitrogens with one attached hydrogen (secondary N) is 1. The van der Waals surface area contributed by atoms with E-state index in [2.05, 4.69) is 5.32 Å². The maximum atomic E-state index is 10.6. The van der Waals surface area contributed by atoms with Crippen molar-refractivity contribution >= 4 is 29.1 Å². The highest BCUT2D eigenvalue weighted by Gasteiger charge is 2.08. The molecule has 0 aliphatic heterocycles. The fraction of sp³-hybridized carbons (Fsp3) is 0. The summed E-state index contributed by atoms with van der Waals surface area (Å²) in [5, 5.41) is 12.2. The van der Waals surface area contributed by atoms with Crippen molar-refractivity contribution in [2.75, 3.05) is 5.32 Å². The van der Waals surface area contributed by atoms with Crippen molar-refractivity contribution in [3.63, 3.8) is 0 Å². The molecule has 0 aliphatic rings. The topological polar surface area (TPSA) is 62.5 Å². The molecule has 2 aromatic rings. The molecule has 4 nitrogen and oxygen atoms in total. The first-order valence-electron chi connectivity index (χ1n) is 4.51. The maximum absolute atomic E-state index is 10.6. The summed E-state index contributed by atoms with van der Waals surface area (Å²) in [6.45, 7) is 0. The molecular formula is C11H8ClNO3. The van der Waals surface area contributed by atoms with Gasteiger partial charge in [-0.3, -0.25) is 0 Å². The summed E-state index contributed by atoms with van der Waals surface area (Å²) >= 11 is 5.80. The average molecular weight is 238 g/mol. The number of carbonyl (C=O) groups is 1. The summed E-state index contributed by atoms with van der Waals surface area (Å²) in [5.41, 5.74) is 0.735. The molecule has 0 fully saturated rings. The Morgan fingerprint density at radius 2 is 2.12 bits per heavy atom. The molecule has 0 aliphatic carbocycles. The van der Waals surface area contributed by atoms with Gasteiger partial charge in [-0.05, 0) is 24.3 Å². The molecule has 0 bridgehead atoms. The van der Waals surface area contributed by atoms with Gasteiger partial charge in [0.2, 0.25) is 5.76 Å². The van der Waals surface area contributed by atoms with Crippen LogP contribution in [-0.2, 0) is 0 Å². The number of furan rings is 1. The lowest BCUT2D eigenvalue weighted by Gasteiger charge is -2.02. The van der Waals surface area contributed by atoms with Crippen molar-refractivity contribution in [3.05, 3.63) is 47.2 Å². The van der Waals surface area contributed by atoms with Gasteiger partial charge in [0.1, 0.15) is 0 Å². The molecule has 0 atom stereocenters. The Balaban J connectivity index is 2.17. The zero-order valence-electron chi connectivity index (χ0n) is 8.11. The van der Waals surface area contributed by atoms with Crippen LogP contribution in [0.2, 0.25) is 5.02 Å². The van der Waals surface area contributed by atoms with E-state index in [1.165, 1.54) is 6.07 Å². The molecule has 0 spiro atoms. The summed E-state index contributed by atoms with van der Waals surface area (Å²) in [7, 11) is 0. The summed E-state index contributed by atoms with van der Waals surface area (Å²) in [6.07, 6.45) is 0. The van der Waals surface area contributed by atoms with Gasteiger partial charge in [0, 0.05) is 16.8 Å². The molecule has 16 heavy (non-hydrogen) atoms. The van der Waals surface area contributed by atoms with E-state index in [-0.39, 0.29) is 5.76 Å². The van der Waals surface area contributed by atoms with Crippen LogP contribution in [0.4, 0.5) is 11.6 Å². The molecule has 2 rings (SSSR count). The predicted octanol–water partition coefficient (Wildman–Crippen LogP) is 3.37. The molecule has 0 saturated heterocycles. The second-order valence-corrected chi connectivity index (χ2v) is 3.54. The Morgan fingerprint density at radius 1 is 1.31 bits per heavy atom. The Kier molecular flexibility index (Phi) is 2.83. The second-order valence-electron chi connectivity index (χ2n) is 3.10. The first-order valence-corrected chi connectivity index (χ1v) is 4.88. The molecular weight excluding hydrogens is 230 g/mol. The lowest BCUT2D eigenvalue weighted by Crippen LogP contribution is -1.92. The zero-order valence-corrected chi connectivity index (χ0v) is 8.86. The summed E-state index contributed by atoms with van der Waals surface area (Å²) in [6, 6.07) is 9.97. The predicted molar refractivity (Wildman–Crippen MR) is 60.4 cm³/mol. The molecule has 82 valence electrons. The zero-order chi connectivity index (χ0) is 11.5. The fourth-order valence-electron chi connectivity index (χ4n) is 1.23. The molecule has 0 amide bonds. The van der Waals surface area contributed by atoms with Crippen LogP contribution < -0.4 is 5.32 Å². The monoisotopic (exact) mass is 237 g/mol. The summed E-state index contributed by atoms with van der Waals surface area (Å²) < 4.78 is 5.04. The maximum Gasteiger partial charge on any atom is 0.371 e. The van der Waals surface area contributed by atoms with Gasteiger partial charge in [-0.1, -0.05) is 17.7 Å². The fourth-order valence-corrected chi connectivity index (χ4v) is 1.42. The van der Waals surface area contributed by atoms with Crippen LogP contribution in [-0.4, -0.2) is 11.1 Å². The minimum Gasteiger partial charge on any atom is -0.475 e. The molecule has 1 aromatic carbocycles. The Hall–Kier alpha value is -1.94.